The van der Waals surface area contributed by atoms with Gasteiger partial charge in [-0.1, -0.05) is 46.3 Å². The second kappa shape index (κ2) is 6.00. The van der Waals surface area contributed by atoms with Gasteiger partial charge in [0.05, 0.1) is 5.69 Å². The van der Waals surface area contributed by atoms with E-state index >= 15 is 0 Å². The maximum atomic E-state index is 10.1. The first-order valence-electron chi connectivity index (χ1n) is 6.64. The van der Waals surface area contributed by atoms with Crippen LogP contribution in [0.3, 0.4) is 0 Å². The molecule has 0 fully saturated rings. The summed E-state index contributed by atoms with van der Waals surface area (Å²) in [5, 5.41) is 19.3. The number of benzene rings is 2. The summed E-state index contributed by atoms with van der Waals surface area (Å²) in [7, 11) is 0. The number of aromatic hydroxyl groups is 1. The van der Waals surface area contributed by atoms with E-state index in [9.17, 15) is 10.4 Å². The maximum Gasteiger partial charge on any atom is 0.141 e. The summed E-state index contributed by atoms with van der Waals surface area (Å²) in [5.41, 5.74) is 3.36. The molecule has 3 nitrogen and oxygen atoms in total. The molecule has 106 valence electrons. The third-order valence-electron chi connectivity index (χ3n) is 3.28. The van der Waals surface area contributed by atoms with E-state index in [1.807, 2.05) is 36.4 Å². The summed E-state index contributed by atoms with van der Waals surface area (Å²) in [4.78, 5) is 4.31. The molecule has 0 atom stereocenters. The molecule has 0 saturated carbocycles. The van der Waals surface area contributed by atoms with Gasteiger partial charge in [-0.2, -0.15) is 5.26 Å². The van der Waals surface area contributed by atoms with Gasteiger partial charge in [0.25, 0.3) is 0 Å². The summed E-state index contributed by atoms with van der Waals surface area (Å²) >= 11 is 3.39. The molecule has 4 heteroatoms. The van der Waals surface area contributed by atoms with Crippen molar-refractivity contribution >= 4 is 15.9 Å². The quantitative estimate of drug-likeness (QED) is 0.725. The maximum absolute atomic E-state index is 10.1. The number of nitrogens with zero attached hydrogens (tertiary/aromatic N) is 2. The number of hydrogen-bond acceptors (Lipinski definition) is 3. The Hall–Kier alpha value is -2.64. The predicted octanol–water partition coefficient (Wildman–Crippen LogP) is 4.76. The van der Waals surface area contributed by atoms with Crippen LogP contribution in [-0.4, -0.2) is 10.1 Å². The molecule has 0 spiro atoms. The number of phenols is 1. The molecular formula is C18H11BrN2O. The summed E-state index contributed by atoms with van der Waals surface area (Å²) < 4.78 is 0.839. The van der Waals surface area contributed by atoms with E-state index < -0.39 is 0 Å². The zero-order valence-electron chi connectivity index (χ0n) is 11.5. The molecule has 0 aliphatic carbocycles. The minimum absolute atomic E-state index is 0.129. The summed E-state index contributed by atoms with van der Waals surface area (Å²) in [6.07, 6.45) is 0. The van der Waals surface area contributed by atoms with Gasteiger partial charge in [0.15, 0.2) is 0 Å². The van der Waals surface area contributed by atoms with Gasteiger partial charge in [0.2, 0.25) is 0 Å². The molecule has 0 aliphatic rings. The Kier molecular flexibility index (Phi) is 3.90. The average Bonchev–Trinajstić information content (AvgIpc) is 2.57. The highest BCUT2D eigenvalue weighted by Gasteiger charge is 2.10. The lowest BCUT2D eigenvalue weighted by atomic mass is 10.0. The SMILES string of the molecule is N#Cc1cc(-c2ccccc2)cc(-c2cc(Br)ccc2O)n1. The zero-order chi connectivity index (χ0) is 15.5. The summed E-state index contributed by atoms with van der Waals surface area (Å²) in [6, 6.07) is 20.6. The van der Waals surface area contributed by atoms with Gasteiger partial charge in [-0.15, -0.1) is 0 Å². The van der Waals surface area contributed by atoms with Gasteiger partial charge in [-0.05, 0) is 41.5 Å². The summed E-state index contributed by atoms with van der Waals surface area (Å²) in [6.45, 7) is 0. The zero-order valence-corrected chi connectivity index (χ0v) is 13.1. The first-order chi connectivity index (χ1) is 10.7. The standard InChI is InChI=1S/C18H11BrN2O/c19-14-6-7-18(22)16(10-14)17-9-13(8-15(11-20)21-17)12-4-2-1-3-5-12/h1-10,22H. The van der Waals surface area contributed by atoms with Gasteiger partial charge in [-0.25, -0.2) is 4.98 Å². The Morgan fingerprint density at radius 3 is 2.45 bits per heavy atom. The molecule has 2 aromatic carbocycles. The highest BCUT2D eigenvalue weighted by Crippen LogP contribution is 2.33. The second-order valence-corrected chi connectivity index (χ2v) is 5.68. The molecule has 1 heterocycles. The van der Waals surface area contributed by atoms with Crippen molar-refractivity contribution in [1.82, 2.24) is 4.98 Å². The Morgan fingerprint density at radius 1 is 0.955 bits per heavy atom. The van der Waals surface area contributed by atoms with Gasteiger partial charge < -0.3 is 5.11 Å². The minimum Gasteiger partial charge on any atom is -0.507 e. The number of rotatable bonds is 2. The van der Waals surface area contributed by atoms with Crippen molar-refractivity contribution in [2.24, 2.45) is 0 Å². The fraction of sp³-hybridized carbons (Fsp3) is 0. The first-order valence-corrected chi connectivity index (χ1v) is 7.43. The van der Waals surface area contributed by atoms with Gasteiger partial charge in [0.1, 0.15) is 17.5 Å². The molecule has 0 aliphatic heterocycles. The molecular weight excluding hydrogens is 340 g/mol. The monoisotopic (exact) mass is 350 g/mol. The van der Waals surface area contributed by atoms with Crippen LogP contribution in [0.25, 0.3) is 22.4 Å². The van der Waals surface area contributed by atoms with Crippen molar-refractivity contribution in [3.8, 4) is 34.2 Å². The van der Waals surface area contributed by atoms with Crippen molar-refractivity contribution in [3.63, 3.8) is 0 Å². The fourth-order valence-electron chi connectivity index (χ4n) is 2.24. The first kappa shape index (κ1) is 14.3. The molecule has 0 saturated heterocycles. The highest BCUT2D eigenvalue weighted by atomic mass is 79.9. The molecule has 0 bridgehead atoms. The number of hydrogen-bond donors (Lipinski definition) is 1. The van der Waals surface area contributed by atoms with Crippen LogP contribution in [0, 0.1) is 11.3 Å². The molecule has 3 rings (SSSR count). The number of pyridine rings is 1. The van der Waals surface area contributed by atoms with E-state index in [4.69, 9.17) is 0 Å². The largest absolute Gasteiger partial charge is 0.507 e. The van der Waals surface area contributed by atoms with Crippen molar-refractivity contribution in [1.29, 1.82) is 5.26 Å². The molecule has 0 unspecified atom stereocenters. The normalized spacial score (nSPS) is 10.2. The smallest absolute Gasteiger partial charge is 0.141 e. The van der Waals surface area contributed by atoms with Crippen molar-refractivity contribution in [2.75, 3.05) is 0 Å². The van der Waals surface area contributed by atoms with Crippen molar-refractivity contribution < 1.29 is 5.11 Å². The Balaban J connectivity index is 2.21. The van der Waals surface area contributed by atoms with Gasteiger partial charge >= 0.3 is 0 Å². The number of nitriles is 1. The molecule has 0 radical (unpaired) electrons. The van der Waals surface area contributed by atoms with Crippen LogP contribution in [0.2, 0.25) is 0 Å². The number of phenolic OH excluding ortho intramolecular Hbond substituents is 1. The molecule has 1 aromatic heterocycles. The van der Waals surface area contributed by atoms with Crippen LogP contribution in [-0.2, 0) is 0 Å². The minimum atomic E-state index is 0.129. The van der Waals surface area contributed by atoms with Crippen LogP contribution in [0.1, 0.15) is 5.69 Å². The third kappa shape index (κ3) is 2.85. The van der Waals surface area contributed by atoms with E-state index in [-0.39, 0.29) is 5.75 Å². The Morgan fingerprint density at radius 2 is 1.73 bits per heavy atom. The predicted molar refractivity (Wildman–Crippen MR) is 89.2 cm³/mol. The van der Waals surface area contributed by atoms with E-state index in [1.165, 1.54) is 0 Å². The van der Waals surface area contributed by atoms with Crippen LogP contribution in [0.5, 0.6) is 5.75 Å². The molecule has 0 amide bonds. The number of halogens is 1. The van der Waals surface area contributed by atoms with Crippen LogP contribution in [0.4, 0.5) is 0 Å². The van der Waals surface area contributed by atoms with E-state index in [0.29, 0.717) is 17.0 Å². The topological polar surface area (TPSA) is 56.9 Å². The van der Waals surface area contributed by atoms with E-state index in [2.05, 4.69) is 27.0 Å². The van der Waals surface area contributed by atoms with Gasteiger partial charge in [-0.3, -0.25) is 0 Å². The summed E-state index contributed by atoms with van der Waals surface area (Å²) in [5.74, 6) is 0.129. The Bertz CT molecular complexity index is 870. The van der Waals surface area contributed by atoms with Gasteiger partial charge in [0, 0.05) is 10.0 Å². The fourth-order valence-corrected chi connectivity index (χ4v) is 2.60. The molecule has 3 aromatic rings. The van der Waals surface area contributed by atoms with Crippen molar-refractivity contribution in [3.05, 3.63) is 70.8 Å². The Labute approximate surface area is 136 Å². The lowest BCUT2D eigenvalue weighted by Gasteiger charge is -2.08. The second-order valence-electron chi connectivity index (χ2n) is 4.77. The lowest BCUT2D eigenvalue weighted by Crippen LogP contribution is -1.91. The van der Waals surface area contributed by atoms with Crippen molar-refractivity contribution in [2.45, 2.75) is 0 Å². The third-order valence-corrected chi connectivity index (χ3v) is 3.77. The van der Waals surface area contributed by atoms with E-state index in [1.54, 1.807) is 24.3 Å². The average molecular weight is 351 g/mol. The molecule has 22 heavy (non-hydrogen) atoms. The van der Waals surface area contributed by atoms with E-state index in [0.717, 1.165) is 15.6 Å². The molecule has 1 N–H and O–H groups in total. The highest BCUT2D eigenvalue weighted by molar-refractivity contribution is 9.10. The van der Waals surface area contributed by atoms with Crippen LogP contribution >= 0.6 is 15.9 Å². The van der Waals surface area contributed by atoms with Crippen LogP contribution < -0.4 is 0 Å². The number of aromatic nitrogens is 1. The lowest BCUT2D eigenvalue weighted by molar-refractivity contribution is 0.477. The van der Waals surface area contributed by atoms with Crippen LogP contribution in [0.15, 0.2) is 65.1 Å².